The van der Waals surface area contributed by atoms with Gasteiger partial charge in [-0.15, -0.1) is 0 Å². The van der Waals surface area contributed by atoms with Crippen molar-refractivity contribution in [2.75, 3.05) is 12.4 Å². The molecule has 0 spiro atoms. The predicted molar refractivity (Wildman–Crippen MR) is 72.5 cm³/mol. The van der Waals surface area contributed by atoms with Gasteiger partial charge in [0.25, 0.3) is 5.91 Å². The van der Waals surface area contributed by atoms with Gasteiger partial charge in [-0.3, -0.25) is 9.59 Å². The van der Waals surface area contributed by atoms with E-state index in [1.54, 1.807) is 6.92 Å². The summed E-state index contributed by atoms with van der Waals surface area (Å²) < 4.78 is 9.51. The molecule has 0 unspecified atom stereocenters. The number of rotatable bonds is 4. The van der Waals surface area contributed by atoms with Crippen LogP contribution in [-0.4, -0.2) is 25.0 Å². The fourth-order valence-electron chi connectivity index (χ4n) is 1.36. The number of hydrogen-bond donors (Lipinski definition) is 1. The third kappa shape index (κ3) is 3.94. The van der Waals surface area contributed by atoms with Crippen molar-refractivity contribution < 1.29 is 23.9 Å². The molecular formula is C14H15NO5. The quantitative estimate of drug-likeness (QED) is 0.516. The lowest BCUT2D eigenvalue weighted by atomic mass is 10.1. The molecule has 20 heavy (non-hydrogen) atoms. The minimum absolute atomic E-state index is 0.0437. The van der Waals surface area contributed by atoms with Gasteiger partial charge in [0.2, 0.25) is 0 Å². The van der Waals surface area contributed by atoms with Gasteiger partial charge in [0, 0.05) is 18.2 Å². The molecule has 1 rings (SSSR count). The van der Waals surface area contributed by atoms with E-state index in [2.05, 4.69) is 16.6 Å². The number of carbonyl (C=O) groups excluding carboxylic acids is 3. The van der Waals surface area contributed by atoms with E-state index in [-0.39, 0.29) is 17.2 Å². The molecule has 106 valence electrons. The Hall–Kier alpha value is -2.63. The van der Waals surface area contributed by atoms with Crippen molar-refractivity contribution >= 4 is 23.5 Å². The van der Waals surface area contributed by atoms with Crippen molar-refractivity contribution in [3.8, 4) is 5.75 Å². The van der Waals surface area contributed by atoms with Crippen LogP contribution in [0.1, 0.15) is 24.2 Å². The lowest BCUT2D eigenvalue weighted by Gasteiger charge is -2.10. The Bertz CT molecular complexity index is 577. The number of methoxy groups -OCH3 is 1. The van der Waals surface area contributed by atoms with Gasteiger partial charge in [-0.1, -0.05) is 6.58 Å². The summed E-state index contributed by atoms with van der Waals surface area (Å²) in [6.07, 6.45) is 0. The summed E-state index contributed by atoms with van der Waals surface area (Å²) in [4.78, 5) is 34.1. The second-order valence-electron chi connectivity index (χ2n) is 4.03. The maximum Gasteiger partial charge on any atom is 0.341 e. The summed E-state index contributed by atoms with van der Waals surface area (Å²) in [6, 6.07) is 4.28. The van der Waals surface area contributed by atoms with Crippen molar-refractivity contribution in [2.24, 2.45) is 0 Å². The molecule has 0 aromatic heterocycles. The Morgan fingerprint density at radius 3 is 2.35 bits per heavy atom. The van der Waals surface area contributed by atoms with E-state index in [1.165, 1.54) is 32.2 Å². The molecule has 0 saturated heterocycles. The smallest absolute Gasteiger partial charge is 0.341 e. The molecule has 0 heterocycles. The Morgan fingerprint density at radius 1 is 1.20 bits per heavy atom. The molecule has 6 heteroatoms. The van der Waals surface area contributed by atoms with Gasteiger partial charge in [-0.25, -0.2) is 4.79 Å². The summed E-state index contributed by atoms with van der Waals surface area (Å²) in [5, 5.41) is 2.55. The van der Waals surface area contributed by atoms with Crippen LogP contribution in [0.4, 0.5) is 5.69 Å². The molecule has 1 amide bonds. The summed E-state index contributed by atoms with van der Waals surface area (Å²) in [5.41, 5.74) is 0.741. The van der Waals surface area contributed by atoms with Crippen LogP contribution in [0.15, 0.2) is 30.4 Å². The number of esters is 2. The fourth-order valence-corrected chi connectivity index (χ4v) is 1.36. The first-order valence-corrected chi connectivity index (χ1v) is 5.72. The minimum atomic E-state index is -0.673. The average molecular weight is 277 g/mol. The highest BCUT2D eigenvalue weighted by molar-refractivity contribution is 6.04. The molecule has 6 nitrogen and oxygen atoms in total. The molecule has 0 bridgehead atoms. The first-order valence-electron chi connectivity index (χ1n) is 5.72. The number of benzene rings is 1. The van der Waals surface area contributed by atoms with Crippen LogP contribution in [0.25, 0.3) is 0 Å². The molecule has 1 N–H and O–H groups in total. The van der Waals surface area contributed by atoms with Crippen LogP contribution in [0.3, 0.4) is 0 Å². The van der Waals surface area contributed by atoms with Crippen molar-refractivity contribution in [1.82, 2.24) is 0 Å². The molecular weight excluding hydrogens is 262 g/mol. The van der Waals surface area contributed by atoms with Crippen LogP contribution in [0.2, 0.25) is 0 Å². The molecule has 1 aromatic rings. The zero-order valence-corrected chi connectivity index (χ0v) is 11.5. The zero-order chi connectivity index (χ0) is 15.3. The van der Waals surface area contributed by atoms with Crippen LogP contribution in [0.5, 0.6) is 5.75 Å². The molecule has 0 aliphatic heterocycles. The molecule has 0 aliphatic carbocycles. The van der Waals surface area contributed by atoms with Gasteiger partial charge >= 0.3 is 11.9 Å². The molecule has 0 aliphatic rings. The van der Waals surface area contributed by atoms with E-state index in [9.17, 15) is 14.4 Å². The van der Waals surface area contributed by atoms with Crippen molar-refractivity contribution in [3.05, 3.63) is 35.9 Å². The summed E-state index contributed by atoms with van der Waals surface area (Å²) >= 11 is 0. The van der Waals surface area contributed by atoms with Crippen LogP contribution in [0, 0.1) is 0 Å². The van der Waals surface area contributed by atoms with Crippen LogP contribution >= 0.6 is 0 Å². The van der Waals surface area contributed by atoms with Gasteiger partial charge < -0.3 is 14.8 Å². The van der Waals surface area contributed by atoms with Gasteiger partial charge in [-0.05, 0) is 25.1 Å². The maximum atomic E-state index is 11.6. The summed E-state index contributed by atoms with van der Waals surface area (Å²) in [5.74, 6) is -1.54. The Labute approximate surface area is 116 Å². The van der Waals surface area contributed by atoms with Gasteiger partial charge in [0.15, 0.2) is 0 Å². The highest BCUT2D eigenvalue weighted by Gasteiger charge is 2.16. The Morgan fingerprint density at radius 2 is 1.85 bits per heavy atom. The van der Waals surface area contributed by atoms with E-state index >= 15 is 0 Å². The van der Waals surface area contributed by atoms with Crippen molar-refractivity contribution in [2.45, 2.75) is 13.8 Å². The number of nitrogens with one attached hydrogen (secondary N) is 1. The minimum Gasteiger partial charge on any atom is -0.465 e. The lowest BCUT2D eigenvalue weighted by molar-refractivity contribution is -0.131. The maximum absolute atomic E-state index is 11.6. The molecule has 0 fully saturated rings. The predicted octanol–water partition coefficient (Wildman–Crippen LogP) is 1.91. The fraction of sp³-hybridized carbons (Fsp3) is 0.214. The normalized spacial score (nSPS) is 9.55. The largest absolute Gasteiger partial charge is 0.465 e. The van der Waals surface area contributed by atoms with E-state index in [0.717, 1.165) is 0 Å². The van der Waals surface area contributed by atoms with Gasteiger partial charge in [0.05, 0.1) is 7.11 Å². The molecule has 0 saturated carbocycles. The highest BCUT2D eigenvalue weighted by atomic mass is 16.5. The molecule has 0 atom stereocenters. The number of ether oxygens (including phenoxy) is 2. The number of amides is 1. The highest BCUT2D eigenvalue weighted by Crippen LogP contribution is 2.24. The number of carbonyl (C=O) groups is 3. The number of anilines is 1. The first-order chi connectivity index (χ1) is 9.35. The standard InChI is InChI=1S/C14H15NO5/c1-8(2)13(17)15-10-5-6-12(20-9(3)16)11(7-10)14(18)19-4/h5-7H,1H2,2-4H3,(H,15,17). The summed E-state index contributed by atoms with van der Waals surface area (Å²) in [6.45, 7) is 6.29. The Kier molecular flexibility index (Phi) is 5.02. The first kappa shape index (κ1) is 15.4. The molecule has 0 radical (unpaired) electrons. The second kappa shape index (κ2) is 6.51. The van der Waals surface area contributed by atoms with Crippen LogP contribution in [-0.2, 0) is 14.3 Å². The van der Waals surface area contributed by atoms with E-state index < -0.39 is 11.9 Å². The third-order valence-electron chi connectivity index (χ3n) is 2.28. The molecule has 1 aromatic carbocycles. The SMILES string of the molecule is C=C(C)C(=O)Nc1ccc(OC(C)=O)c(C(=O)OC)c1. The van der Waals surface area contributed by atoms with Crippen molar-refractivity contribution in [3.63, 3.8) is 0 Å². The monoisotopic (exact) mass is 277 g/mol. The third-order valence-corrected chi connectivity index (χ3v) is 2.28. The topological polar surface area (TPSA) is 81.7 Å². The number of hydrogen-bond acceptors (Lipinski definition) is 5. The lowest BCUT2D eigenvalue weighted by Crippen LogP contribution is -2.14. The van der Waals surface area contributed by atoms with Crippen LogP contribution < -0.4 is 10.1 Å². The van der Waals surface area contributed by atoms with E-state index in [0.29, 0.717) is 11.3 Å². The van der Waals surface area contributed by atoms with E-state index in [4.69, 9.17) is 4.74 Å². The zero-order valence-electron chi connectivity index (χ0n) is 11.5. The van der Waals surface area contributed by atoms with Gasteiger partial charge in [-0.2, -0.15) is 0 Å². The second-order valence-corrected chi connectivity index (χ2v) is 4.03. The summed E-state index contributed by atoms with van der Waals surface area (Å²) in [7, 11) is 1.21. The average Bonchev–Trinajstić information content (AvgIpc) is 2.38. The van der Waals surface area contributed by atoms with Gasteiger partial charge in [0.1, 0.15) is 11.3 Å². The van der Waals surface area contributed by atoms with E-state index in [1.807, 2.05) is 0 Å². The Balaban J connectivity index is 3.13. The van der Waals surface area contributed by atoms with Crippen molar-refractivity contribution in [1.29, 1.82) is 0 Å².